The summed E-state index contributed by atoms with van der Waals surface area (Å²) in [6.45, 7) is 6.15. The van der Waals surface area contributed by atoms with E-state index in [2.05, 4.69) is 6.92 Å². The quantitative estimate of drug-likeness (QED) is 0.761. The molecule has 0 saturated carbocycles. The van der Waals surface area contributed by atoms with Gasteiger partial charge in [-0.05, 0) is 49.9 Å². The van der Waals surface area contributed by atoms with E-state index in [1.165, 1.54) is 4.90 Å². The molecule has 2 aromatic carbocycles. The highest BCUT2D eigenvalue weighted by atomic mass is 16.5. The molecule has 1 aliphatic heterocycles. The highest BCUT2D eigenvalue weighted by Gasteiger charge is 2.55. The normalized spacial score (nSPS) is 24.7. The number of fused-ring (bicyclic) bond motifs is 2. The van der Waals surface area contributed by atoms with Gasteiger partial charge >= 0.3 is 0 Å². The van der Waals surface area contributed by atoms with Crippen molar-refractivity contribution in [2.75, 3.05) is 4.90 Å². The minimum absolute atomic E-state index is 0.117. The summed E-state index contributed by atoms with van der Waals surface area (Å²) in [6, 6.07) is 17.2. The average Bonchev–Trinajstić information content (AvgIpc) is 2.92. The van der Waals surface area contributed by atoms with E-state index >= 15 is 0 Å². The van der Waals surface area contributed by atoms with Crippen LogP contribution in [0.25, 0.3) is 0 Å². The van der Waals surface area contributed by atoms with Crippen molar-refractivity contribution < 1.29 is 14.3 Å². The highest BCUT2D eigenvalue weighted by molar-refractivity contribution is 6.22. The molecular formula is C23H25NO3. The summed E-state index contributed by atoms with van der Waals surface area (Å²) in [6.07, 6.45) is 1.01. The predicted octanol–water partition coefficient (Wildman–Crippen LogP) is 4.29. The van der Waals surface area contributed by atoms with Crippen molar-refractivity contribution in [1.82, 2.24) is 0 Å². The van der Waals surface area contributed by atoms with Gasteiger partial charge in [0.2, 0.25) is 11.8 Å². The first-order chi connectivity index (χ1) is 12.9. The fourth-order valence-electron chi connectivity index (χ4n) is 4.13. The zero-order chi connectivity index (χ0) is 19.2. The summed E-state index contributed by atoms with van der Waals surface area (Å²) in [4.78, 5) is 27.9. The van der Waals surface area contributed by atoms with Crippen LogP contribution in [-0.2, 0) is 20.7 Å². The van der Waals surface area contributed by atoms with Gasteiger partial charge < -0.3 is 4.74 Å². The number of imide groups is 1. The van der Waals surface area contributed by atoms with Gasteiger partial charge in [-0.1, -0.05) is 49.4 Å². The number of carbonyl (C=O) groups excluding carboxylic acids is 2. The fraction of sp³-hybridized carbons (Fsp3) is 0.391. The second kappa shape index (κ2) is 6.61. The van der Waals surface area contributed by atoms with E-state index in [1.807, 2.05) is 68.4 Å². The van der Waals surface area contributed by atoms with Crippen molar-refractivity contribution in [2.45, 2.75) is 45.3 Å². The Morgan fingerprint density at radius 3 is 2.37 bits per heavy atom. The van der Waals surface area contributed by atoms with E-state index < -0.39 is 12.0 Å². The topological polar surface area (TPSA) is 46.6 Å². The van der Waals surface area contributed by atoms with Gasteiger partial charge in [0.1, 0.15) is 0 Å². The first-order valence-corrected chi connectivity index (χ1v) is 9.61. The Morgan fingerprint density at radius 1 is 1.00 bits per heavy atom. The summed E-state index contributed by atoms with van der Waals surface area (Å²) in [7, 11) is 0. The average molecular weight is 363 g/mol. The number of para-hydroxylation sites is 1. The molecule has 0 aromatic heterocycles. The zero-order valence-corrected chi connectivity index (χ0v) is 16.0. The molecule has 0 bridgehead atoms. The lowest BCUT2D eigenvalue weighted by Crippen LogP contribution is -2.38. The molecule has 3 atom stereocenters. The molecule has 4 heteroatoms. The minimum Gasteiger partial charge on any atom is -0.367 e. The maximum Gasteiger partial charge on any atom is 0.240 e. The first kappa shape index (κ1) is 17.9. The van der Waals surface area contributed by atoms with Gasteiger partial charge in [-0.3, -0.25) is 9.59 Å². The smallest absolute Gasteiger partial charge is 0.240 e. The van der Waals surface area contributed by atoms with Gasteiger partial charge in [0, 0.05) is 0 Å². The number of rotatable bonds is 4. The summed E-state index contributed by atoms with van der Waals surface area (Å²) >= 11 is 0. The van der Waals surface area contributed by atoms with Crippen molar-refractivity contribution in [3.05, 3.63) is 65.7 Å². The molecule has 0 radical (unpaired) electrons. The van der Waals surface area contributed by atoms with Crippen LogP contribution < -0.4 is 4.90 Å². The maximum absolute atomic E-state index is 13.4. The lowest BCUT2D eigenvalue weighted by Gasteiger charge is -2.38. The molecule has 4 nitrogen and oxygen atoms in total. The molecule has 3 unspecified atom stereocenters. The van der Waals surface area contributed by atoms with Crippen molar-refractivity contribution in [3.8, 4) is 0 Å². The van der Waals surface area contributed by atoms with Crippen LogP contribution in [0.15, 0.2) is 54.6 Å². The predicted molar refractivity (Wildman–Crippen MR) is 104 cm³/mol. The van der Waals surface area contributed by atoms with E-state index in [0.29, 0.717) is 12.1 Å². The monoisotopic (exact) mass is 363 g/mol. The van der Waals surface area contributed by atoms with Crippen LogP contribution in [0.3, 0.4) is 0 Å². The van der Waals surface area contributed by atoms with E-state index in [1.54, 1.807) is 0 Å². The molecule has 1 heterocycles. The summed E-state index contributed by atoms with van der Waals surface area (Å²) < 4.78 is 6.47. The molecule has 1 saturated heterocycles. The number of amides is 2. The number of nitrogens with zero attached hydrogens (tertiary/aromatic N) is 1. The Bertz CT molecular complexity index is 874. The van der Waals surface area contributed by atoms with Gasteiger partial charge in [-0.2, -0.15) is 0 Å². The van der Waals surface area contributed by atoms with Crippen LogP contribution in [0.1, 0.15) is 44.4 Å². The first-order valence-electron chi connectivity index (χ1n) is 9.61. The molecule has 2 aliphatic rings. The Balaban J connectivity index is 1.78. The Labute approximate surface area is 160 Å². The van der Waals surface area contributed by atoms with Crippen molar-refractivity contribution >= 4 is 17.5 Å². The standard InChI is InChI=1S/C23H25NO3/c1-4-23(2,3)27-20-17-13-9-8-10-15(17)14-18-19(20)22(26)24(21(18)25)16-11-6-5-7-12-16/h5-13,18-20H,4,14H2,1-3H3. The van der Waals surface area contributed by atoms with Gasteiger partial charge in [0.05, 0.1) is 29.2 Å². The van der Waals surface area contributed by atoms with E-state index in [-0.39, 0.29) is 23.3 Å². The van der Waals surface area contributed by atoms with Crippen LogP contribution in [0, 0.1) is 11.8 Å². The SMILES string of the molecule is CCC(C)(C)OC1c2ccccc2CC2C(=O)N(c3ccccc3)C(=O)C21. The van der Waals surface area contributed by atoms with Crippen LogP contribution in [-0.4, -0.2) is 17.4 Å². The Morgan fingerprint density at radius 2 is 1.67 bits per heavy atom. The third kappa shape index (κ3) is 2.98. The maximum atomic E-state index is 13.4. The number of ether oxygens (including phenoxy) is 1. The highest BCUT2D eigenvalue weighted by Crippen LogP contribution is 2.48. The molecule has 2 aromatic rings. The van der Waals surface area contributed by atoms with E-state index in [9.17, 15) is 9.59 Å². The van der Waals surface area contributed by atoms with Crippen molar-refractivity contribution in [1.29, 1.82) is 0 Å². The molecule has 1 fully saturated rings. The van der Waals surface area contributed by atoms with Crippen LogP contribution >= 0.6 is 0 Å². The fourth-order valence-corrected chi connectivity index (χ4v) is 4.13. The van der Waals surface area contributed by atoms with Crippen LogP contribution in [0.4, 0.5) is 5.69 Å². The van der Waals surface area contributed by atoms with Crippen molar-refractivity contribution in [3.63, 3.8) is 0 Å². The second-order valence-corrected chi connectivity index (χ2v) is 8.03. The van der Waals surface area contributed by atoms with Crippen LogP contribution in [0.2, 0.25) is 0 Å². The van der Waals surface area contributed by atoms with Gasteiger partial charge in [-0.25, -0.2) is 4.90 Å². The van der Waals surface area contributed by atoms with E-state index in [0.717, 1.165) is 17.5 Å². The molecule has 4 rings (SSSR count). The second-order valence-electron chi connectivity index (χ2n) is 8.03. The molecule has 1 aliphatic carbocycles. The molecular weight excluding hydrogens is 338 g/mol. The van der Waals surface area contributed by atoms with E-state index in [4.69, 9.17) is 4.74 Å². The van der Waals surface area contributed by atoms with Gasteiger partial charge in [0.15, 0.2) is 0 Å². The third-order valence-electron chi connectivity index (χ3n) is 5.92. The molecule has 0 N–H and O–H groups in total. The lowest BCUT2D eigenvalue weighted by molar-refractivity contribution is -0.141. The lowest BCUT2D eigenvalue weighted by atomic mass is 9.75. The molecule has 2 amide bonds. The van der Waals surface area contributed by atoms with Gasteiger partial charge in [-0.15, -0.1) is 0 Å². The molecule has 27 heavy (non-hydrogen) atoms. The Hall–Kier alpha value is -2.46. The summed E-state index contributed by atoms with van der Waals surface area (Å²) in [5.74, 6) is -1.11. The number of hydrogen-bond donors (Lipinski definition) is 0. The number of hydrogen-bond acceptors (Lipinski definition) is 3. The number of anilines is 1. The Kier molecular flexibility index (Phi) is 4.39. The van der Waals surface area contributed by atoms with Gasteiger partial charge in [0.25, 0.3) is 0 Å². The number of benzene rings is 2. The summed E-state index contributed by atoms with van der Waals surface area (Å²) in [5, 5.41) is 0. The third-order valence-corrected chi connectivity index (χ3v) is 5.92. The minimum atomic E-state index is -0.474. The molecule has 0 spiro atoms. The zero-order valence-electron chi connectivity index (χ0n) is 16.0. The van der Waals surface area contributed by atoms with Crippen molar-refractivity contribution in [2.24, 2.45) is 11.8 Å². The van der Waals surface area contributed by atoms with Crippen LogP contribution in [0.5, 0.6) is 0 Å². The number of carbonyl (C=O) groups is 2. The largest absolute Gasteiger partial charge is 0.367 e. The summed E-state index contributed by atoms with van der Waals surface area (Å²) in [5.41, 5.74) is 2.41. The molecule has 140 valence electrons.